The van der Waals surface area contributed by atoms with Crippen molar-refractivity contribution in [2.75, 3.05) is 0 Å². The number of hydrogen-bond donors (Lipinski definition) is 2. The molecule has 0 heterocycles. The Kier molecular flexibility index (Phi) is 7.39. The molecule has 0 aromatic carbocycles. The van der Waals surface area contributed by atoms with Gasteiger partial charge in [-0.05, 0) is 63.5 Å². The van der Waals surface area contributed by atoms with Gasteiger partial charge in [-0.3, -0.25) is 4.79 Å². The van der Waals surface area contributed by atoms with Gasteiger partial charge in [0.25, 0.3) is 0 Å². The molecule has 0 aromatic rings. The summed E-state index contributed by atoms with van der Waals surface area (Å²) in [6, 6.07) is -0.978. The van der Waals surface area contributed by atoms with Gasteiger partial charge >= 0.3 is 5.97 Å². The van der Waals surface area contributed by atoms with Crippen LogP contribution >= 0.6 is 0 Å². The van der Waals surface area contributed by atoms with Crippen molar-refractivity contribution in [1.82, 2.24) is 4.90 Å². The molecule has 1 aliphatic rings. The molecule has 1 aliphatic carbocycles. The van der Waals surface area contributed by atoms with Crippen LogP contribution in [0.25, 0.3) is 0 Å². The van der Waals surface area contributed by atoms with Crippen LogP contribution in [0.5, 0.6) is 0 Å². The molecule has 2 atom stereocenters. The topological polar surface area (TPSA) is 83.6 Å². The van der Waals surface area contributed by atoms with Gasteiger partial charge in [0, 0.05) is 6.20 Å². The molecule has 5 nitrogen and oxygen atoms in total. The highest BCUT2D eigenvalue weighted by Crippen LogP contribution is 2.40. The van der Waals surface area contributed by atoms with Crippen LogP contribution in [0.15, 0.2) is 35.6 Å². The Morgan fingerprint density at radius 3 is 2.50 bits per heavy atom. The van der Waals surface area contributed by atoms with E-state index in [0.29, 0.717) is 6.42 Å². The largest absolute Gasteiger partial charge is 0.480 e. The second-order valence-electron chi connectivity index (χ2n) is 8.13. The van der Waals surface area contributed by atoms with E-state index in [-0.39, 0.29) is 5.41 Å². The highest BCUT2D eigenvalue weighted by atomic mass is 16.4. The zero-order chi connectivity index (χ0) is 20.1. The Hall–Kier alpha value is -1.88. The molecule has 3 N–H and O–H groups in total. The standard InChI is InChI=1S/C21H34N2O3/c1-7-21(6,22)19(26)23(16(3)18(24)25)14-9-8-12-17-15(2)11-10-13-20(17,4)5/h8-9,12,14,16H,7,10-11,13,22H2,1-6H3,(H,24,25)/t16-,21-/m0/s1. The van der Waals surface area contributed by atoms with Crippen molar-refractivity contribution in [3.63, 3.8) is 0 Å². The molecular weight excluding hydrogens is 328 g/mol. The van der Waals surface area contributed by atoms with E-state index in [1.807, 2.05) is 13.0 Å². The molecule has 0 saturated carbocycles. The number of carboxylic acid groups (broad SMARTS) is 1. The number of carboxylic acids is 1. The quantitative estimate of drug-likeness (QED) is 0.670. The fraction of sp³-hybridized carbons (Fsp3) is 0.619. The van der Waals surface area contributed by atoms with E-state index in [1.165, 1.54) is 35.6 Å². The van der Waals surface area contributed by atoms with Crippen LogP contribution in [0, 0.1) is 5.41 Å². The summed E-state index contributed by atoms with van der Waals surface area (Å²) in [7, 11) is 0. The van der Waals surface area contributed by atoms with Gasteiger partial charge in [0.15, 0.2) is 0 Å². The average molecular weight is 363 g/mol. The SMILES string of the molecule is CC[C@](C)(N)C(=O)N(C=CC=CC1=C(C)CCCC1(C)C)[C@@H](C)C(=O)O. The number of carbonyl (C=O) groups is 2. The Morgan fingerprint density at radius 1 is 1.38 bits per heavy atom. The van der Waals surface area contributed by atoms with Gasteiger partial charge in [-0.1, -0.05) is 38.5 Å². The molecule has 0 radical (unpaired) electrons. The molecule has 26 heavy (non-hydrogen) atoms. The number of amides is 1. The van der Waals surface area contributed by atoms with Gasteiger partial charge < -0.3 is 15.7 Å². The first kappa shape index (κ1) is 22.2. The smallest absolute Gasteiger partial charge is 0.326 e. The van der Waals surface area contributed by atoms with Crippen molar-refractivity contribution < 1.29 is 14.7 Å². The molecular formula is C21H34N2O3. The maximum atomic E-state index is 12.6. The first-order valence-corrected chi connectivity index (χ1v) is 9.33. The fourth-order valence-corrected chi connectivity index (χ4v) is 3.24. The van der Waals surface area contributed by atoms with Crippen molar-refractivity contribution >= 4 is 11.9 Å². The lowest BCUT2D eigenvalue weighted by molar-refractivity contribution is -0.149. The van der Waals surface area contributed by atoms with Crippen molar-refractivity contribution in [2.24, 2.45) is 11.1 Å². The third-order valence-corrected chi connectivity index (χ3v) is 5.40. The zero-order valence-electron chi connectivity index (χ0n) is 17.0. The molecule has 0 aliphatic heterocycles. The minimum Gasteiger partial charge on any atom is -0.480 e. The summed E-state index contributed by atoms with van der Waals surface area (Å²) >= 11 is 0. The molecule has 5 heteroatoms. The van der Waals surface area contributed by atoms with Gasteiger partial charge in [-0.15, -0.1) is 0 Å². The summed E-state index contributed by atoms with van der Waals surface area (Å²) in [6.07, 6.45) is 11.1. The summed E-state index contributed by atoms with van der Waals surface area (Å²) in [4.78, 5) is 25.2. The Labute approximate surface area is 157 Å². The molecule has 146 valence electrons. The molecule has 0 unspecified atom stereocenters. The van der Waals surface area contributed by atoms with E-state index < -0.39 is 23.5 Å². The Bertz CT molecular complexity index is 627. The molecule has 1 amide bonds. The number of rotatable bonds is 7. The van der Waals surface area contributed by atoms with Crippen molar-refractivity contribution in [3.8, 4) is 0 Å². The number of carbonyl (C=O) groups excluding carboxylic acids is 1. The van der Waals surface area contributed by atoms with Crippen molar-refractivity contribution in [2.45, 2.75) is 78.8 Å². The van der Waals surface area contributed by atoms with E-state index >= 15 is 0 Å². The second kappa shape index (κ2) is 8.67. The van der Waals surface area contributed by atoms with Gasteiger partial charge in [0.1, 0.15) is 6.04 Å². The van der Waals surface area contributed by atoms with Gasteiger partial charge in [-0.25, -0.2) is 4.79 Å². The monoisotopic (exact) mass is 362 g/mol. The lowest BCUT2D eigenvalue weighted by Gasteiger charge is -2.33. The maximum Gasteiger partial charge on any atom is 0.326 e. The Morgan fingerprint density at radius 2 is 2.00 bits per heavy atom. The normalized spacial score (nSPS) is 21.0. The molecule has 0 bridgehead atoms. The van der Waals surface area contributed by atoms with Crippen LogP contribution < -0.4 is 5.73 Å². The number of hydrogen-bond acceptors (Lipinski definition) is 3. The van der Waals surface area contributed by atoms with E-state index in [1.54, 1.807) is 13.0 Å². The van der Waals surface area contributed by atoms with E-state index in [4.69, 9.17) is 5.73 Å². The average Bonchev–Trinajstić information content (AvgIpc) is 2.55. The zero-order valence-corrected chi connectivity index (χ0v) is 17.0. The number of aliphatic carboxylic acids is 1. The van der Waals surface area contributed by atoms with Crippen LogP contribution in [-0.2, 0) is 9.59 Å². The third kappa shape index (κ3) is 5.31. The predicted molar refractivity (Wildman–Crippen MR) is 105 cm³/mol. The number of nitrogens with zero attached hydrogens (tertiary/aromatic N) is 1. The van der Waals surface area contributed by atoms with Crippen LogP contribution in [-0.4, -0.2) is 33.5 Å². The molecule has 1 rings (SSSR count). The highest BCUT2D eigenvalue weighted by Gasteiger charge is 2.34. The van der Waals surface area contributed by atoms with Crippen LogP contribution in [0.4, 0.5) is 0 Å². The number of allylic oxidation sites excluding steroid dienone is 5. The van der Waals surface area contributed by atoms with Gasteiger partial charge in [0.2, 0.25) is 5.91 Å². The first-order valence-electron chi connectivity index (χ1n) is 9.33. The summed E-state index contributed by atoms with van der Waals surface area (Å²) in [5.74, 6) is -1.46. The lowest BCUT2D eigenvalue weighted by atomic mass is 9.73. The van der Waals surface area contributed by atoms with Crippen LogP contribution in [0.3, 0.4) is 0 Å². The summed E-state index contributed by atoms with van der Waals surface area (Å²) < 4.78 is 0. The van der Waals surface area contributed by atoms with Crippen molar-refractivity contribution in [3.05, 3.63) is 35.6 Å². The fourth-order valence-electron chi connectivity index (χ4n) is 3.24. The van der Waals surface area contributed by atoms with Gasteiger partial charge in [0.05, 0.1) is 5.54 Å². The van der Waals surface area contributed by atoms with E-state index in [9.17, 15) is 14.7 Å². The highest BCUT2D eigenvalue weighted by molar-refractivity contribution is 5.90. The van der Waals surface area contributed by atoms with Gasteiger partial charge in [-0.2, -0.15) is 0 Å². The molecule has 0 saturated heterocycles. The molecule has 0 spiro atoms. The Balaban J connectivity index is 3.05. The maximum absolute atomic E-state index is 12.6. The molecule has 0 fully saturated rings. The summed E-state index contributed by atoms with van der Waals surface area (Å²) in [6.45, 7) is 11.6. The van der Waals surface area contributed by atoms with Crippen molar-refractivity contribution in [1.29, 1.82) is 0 Å². The van der Waals surface area contributed by atoms with Crippen LogP contribution in [0.1, 0.15) is 67.2 Å². The third-order valence-electron chi connectivity index (χ3n) is 5.40. The van der Waals surface area contributed by atoms with E-state index in [2.05, 4.69) is 26.8 Å². The predicted octanol–water partition coefficient (Wildman–Crippen LogP) is 4.01. The van der Waals surface area contributed by atoms with E-state index in [0.717, 1.165) is 12.8 Å². The lowest BCUT2D eigenvalue weighted by Crippen LogP contribution is -2.54. The molecule has 0 aromatic heterocycles. The summed E-state index contributed by atoms with van der Waals surface area (Å²) in [5.41, 5.74) is 7.77. The summed E-state index contributed by atoms with van der Waals surface area (Å²) in [5, 5.41) is 9.31. The first-order chi connectivity index (χ1) is 11.9. The minimum absolute atomic E-state index is 0.134. The number of nitrogens with two attached hydrogens (primary N) is 1. The van der Waals surface area contributed by atoms with Crippen LogP contribution in [0.2, 0.25) is 0 Å². The second-order valence-corrected chi connectivity index (χ2v) is 8.13. The minimum atomic E-state index is -1.09.